The van der Waals surface area contributed by atoms with Gasteiger partial charge in [-0.3, -0.25) is 4.79 Å². The molecule has 3 N–H and O–H groups in total. The van der Waals surface area contributed by atoms with E-state index in [9.17, 15) is 14.7 Å². The maximum atomic E-state index is 11.9. The minimum absolute atomic E-state index is 0.0724. The summed E-state index contributed by atoms with van der Waals surface area (Å²) in [7, 11) is 0. The summed E-state index contributed by atoms with van der Waals surface area (Å²) in [5, 5.41) is 21.6. The molecule has 0 aliphatic carbocycles. The molecule has 6 heteroatoms. The molecule has 0 saturated carbocycles. The van der Waals surface area contributed by atoms with Gasteiger partial charge in [-0.2, -0.15) is 0 Å². The summed E-state index contributed by atoms with van der Waals surface area (Å²) >= 11 is 0. The second kappa shape index (κ2) is 5.67. The zero-order valence-electron chi connectivity index (χ0n) is 11.1. The number of carbonyl (C=O) groups excluding carboxylic acids is 1. The van der Waals surface area contributed by atoms with Crippen molar-refractivity contribution in [3.8, 4) is 0 Å². The van der Waals surface area contributed by atoms with Crippen LogP contribution in [0.1, 0.15) is 33.6 Å². The average molecular weight is 258 g/mol. The van der Waals surface area contributed by atoms with Crippen LogP contribution < -0.4 is 5.32 Å². The molecule has 104 valence electrons. The van der Waals surface area contributed by atoms with Crippen molar-refractivity contribution < 1.29 is 19.8 Å². The Kier molecular flexibility index (Phi) is 4.70. The Bertz CT molecular complexity index is 325. The zero-order valence-corrected chi connectivity index (χ0v) is 11.1. The number of aliphatic carboxylic acids is 1. The summed E-state index contributed by atoms with van der Waals surface area (Å²) in [6, 6.07) is -0.887. The van der Waals surface area contributed by atoms with E-state index < -0.39 is 18.1 Å². The minimum Gasteiger partial charge on any atom is -0.480 e. The molecule has 1 saturated heterocycles. The molecular formula is C12H22N2O4. The van der Waals surface area contributed by atoms with E-state index in [2.05, 4.69) is 5.32 Å². The van der Waals surface area contributed by atoms with Gasteiger partial charge in [0.1, 0.15) is 6.04 Å². The van der Waals surface area contributed by atoms with Gasteiger partial charge in [0.2, 0.25) is 5.91 Å². The first-order chi connectivity index (χ1) is 8.20. The molecule has 1 rings (SSSR count). The third-order valence-electron chi connectivity index (χ3n) is 2.88. The van der Waals surface area contributed by atoms with Crippen molar-refractivity contribution in [1.29, 1.82) is 0 Å². The van der Waals surface area contributed by atoms with Gasteiger partial charge in [-0.25, -0.2) is 4.79 Å². The first-order valence-corrected chi connectivity index (χ1v) is 6.16. The molecule has 0 aromatic carbocycles. The summed E-state index contributed by atoms with van der Waals surface area (Å²) in [6.45, 7) is 6.61. The molecule has 18 heavy (non-hydrogen) atoms. The van der Waals surface area contributed by atoms with E-state index in [-0.39, 0.29) is 30.8 Å². The van der Waals surface area contributed by atoms with Gasteiger partial charge in [0.15, 0.2) is 0 Å². The number of hydrogen-bond acceptors (Lipinski definition) is 4. The van der Waals surface area contributed by atoms with E-state index in [0.29, 0.717) is 6.54 Å². The highest BCUT2D eigenvalue weighted by molar-refractivity contribution is 5.84. The van der Waals surface area contributed by atoms with E-state index in [4.69, 9.17) is 5.11 Å². The van der Waals surface area contributed by atoms with Crippen LogP contribution in [-0.4, -0.2) is 57.8 Å². The number of carbonyl (C=O) groups is 2. The fraction of sp³-hybridized carbons (Fsp3) is 0.833. The lowest BCUT2D eigenvalue weighted by molar-refractivity contribution is -0.148. The van der Waals surface area contributed by atoms with Gasteiger partial charge < -0.3 is 20.4 Å². The summed E-state index contributed by atoms with van der Waals surface area (Å²) in [4.78, 5) is 24.1. The second-order valence-electron chi connectivity index (χ2n) is 5.72. The molecule has 0 spiro atoms. The topological polar surface area (TPSA) is 89.9 Å². The van der Waals surface area contributed by atoms with Crippen molar-refractivity contribution in [2.45, 2.75) is 51.3 Å². The molecule has 2 unspecified atom stereocenters. The molecule has 0 aromatic heterocycles. The van der Waals surface area contributed by atoms with Gasteiger partial charge in [-0.1, -0.05) is 0 Å². The van der Waals surface area contributed by atoms with E-state index in [0.717, 1.165) is 0 Å². The van der Waals surface area contributed by atoms with Crippen LogP contribution in [0.5, 0.6) is 0 Å². The molecule has 2 atom stereocenters. The standard InChI is InChI=1S/C12H22N2O4/c1-12(2,3)13-5-4-10(16)14-7-8(15)6-9(14)11(17)18/h8-9,13,15H,4-7H2,1-3H3,(H,17,18). The maximum Gasteiger partial charge on any atom is 0.326 e. The number of nitrogens with one attached hydrogen (secondary N) is 1. The lowest BCUT2D eigenvalue weighted by Gasteiger charge is -2.24. The second-order valence-corrected chi connectivity index (χ2v) is 5.72. The summed E-state index contributed by atoms with van der Waals surface area (Å²) in [5.74, 6) is -1.28. The first-order valence-electron chi connectivity index (χ1n) is 6.16. The molecule has 0 bridgehead atoms. The highest BCUT2D eigenvalue weighted by Crippen LogP contribution is 2.19. The maximum absolute atomic E-state index is 11.9. The van der Waals surface area contributed by atoms with Crippen LogP contribution in [0.3, 0.4) is 0 Å². The zero-order chi connectivity index (χ0) is 13.9. The number of hydrogen-bond donors (Lipinski definition) is 3. The first kappa shape index (κ1) is 14.9. The number of nitrogens with zero attached hydrogens (tertiary/aromatic N) is 1. The van der Waals surface area contributed by atoms with Crippen molar-refractivity contribution in [3.63, 3.8) is 0 Å². The van der Waals surface area contributed by atoms with Gasteiger partial charge in [0, 0.05) is 31.5 Å². The Morgan fingerprint density at radius 2 is 2.00 bits per heavy atom. The highest BCUT2D eigenvalue weighted by atomic mass is 16.4. The number of aliphatic hydroxyl groups is 1. The van der Waals surface area contributed by atoms with Crippen molar-refractivity contribution in [2.24, 2.45) is 0 Å². The monoisotopic (exact) mass is 258 g/mol. The SMILES string of the molecule is CC(C)(C)NCCC(=O)N1CC(O)CC1C(=O)O. The van der Waals surface area contributed by atoms with Crippen molar-refractivity contribution in [2.75, 3.05) is 13.1 Å². The van der Waals surface area contributed by atoms with Gasteiger partial charge in [-0.15, -0.1) is 0 Å². The number of carboxylic acid groups (broad SMARTS) is 1. The number of likely N-dealkylation sites (tertiary alicyclic amines) is 1. The summed E-state index contributed by atoms with van der Waals surface area (Å²) < 4.78 is 0. The lowest BCUT2D eigenvalue weighted by Crippen LogP contribution is -2.43. The van der Waals surface area contributed by atoms with Crippen LogP contribution in [0.15, 0.2) is 0 Å². The predicted molar refractivity (Wildman–Crippen MR) is 66.1 cm³/mol. The van der Waals surface area contributed by atoms with E-state index in [1.807, 2.05) is 20.8 Å². The van der Waals surface area contributed by atoms with Gasteiger partial charge in [0.05, 0.1) is 6.10 Å². The molecular weight excluding hydrogens is 236 g/mol. The Labute approximate surface area is 107 Å². The molecule has 1 aliphatic heterocycles. The van der Waals surface area contributed by atoms with Crippen LogP contribution in [0.4, 0.5) is 0 Å². The molecule has 1 aliphatic rings. The predicted octanol–water partition coefficient (Wildman–Crippen LogP) is -0.189. The average Bonchev–Trinajstić information content (AvgIpc) is 2.58. The summed E-state index contributed by atoms with van der Waals surface area (Å²) in [6.07, 6.45) is -0.368. The molecule has 6 nitrogen and oxygen atoms in total. The lowest BCUT2D eigenvalue weighted by atomic mass is 10.1. The molecule has 1 heterocycles. The Morgan fingerprint density at radius 1 is 1.39 bits per heavy atom. The number of rotatable bonds is 4. The van der Waals surface area contributed by atoms with Crippen LogP contribution in [-0.2, 0) is 9.59 Å². The molecule has 1 fully saturated rings. The van der Waals surface area contributed by atoms with Gasteiger partial charge in [0.25, 0.3) is 0 Å². The number of carboxylic acids is 1. The third kappa shape index (κ3) is 4.27. The fourth-order valence-corrected chi connectivity index (χ4v) is 2.01. The van der Waals surface area contributed by atoms with Gasteiger partial charge in [-0.05, 0) is 20.8 Å². The normalized spacial score (nSPS) is 24.3. The van der Waals surface area contributed by atoms with Crippen molar-refractivity contribution >= 4 is 11.9 Å². The third-order valence-corrected chi connectivity index (χ3v) is 2.88. The smallest absolute Gasteiger partial charge is 0.326 e. The quantitative estimate of drug-likeness (QED) is 0.650. The van der Waals surface area contributed by atoms with Crippen LogP contribution in [0.2, 0.25) is 0 Å². The van der Waals surface area contributed by atoms with Crippen molar-refractivity contribution in [3.05, 3.63) is 0 Å². The fourth-order valence-electron chi connectivity index (χ4n) is 2.01. The Hall–Kier alpha value is -1.14. The molecule has 1 amide bonds. The largest absolute Gasteiger partial charge is 0.480 e. The molecule has 0 aromatic rings. The van der Waals surface area contributed by atoms with Crippen LogP contribution >= 0.6 is 0 Å². The minimum atomic E-state index is -1.05. The summed E-state index contributed by atoms with van der Waals surface area (Å²) in [5.41, 5.74) is -0.0724. The van der Waals surface area contributed by atoms with E-state index in [1.54, 1.807) is 0 Å². The van der Waals surface area contributed by atoms with Crippen LogP contribution in [0.25, 0.3) is 0 Å². The Balaban J connectivity index is 2.48. The van der Waals surface area contributed by atoms with E-state index >= 15 is 0 Å². The van der Waals surface area contributed by atoms with Crippen LogP contribution in [0, 0.1) is 0 Å². The highest BCUT2D eigenvalue weighted by Gasteiger charge is 2.38. The number of β-amino-alcohol motifs (C(OH)–C–C–N with tert-alkyl or cyclic N) is 1. The number of amides is 1. The Morgan fingerprint density at radius 3 is 2.50 bits per heavy atom. The van der Waals surface area contributed by atoms with Gasteiger partial charge >= 0.3 is 5.97 Å². The van der Waals surface area contributed by atoms with E-state index in [1.165, 1.54) is 4.90 Å². The number of aliphatic hydroxyl groups excluding tert-OH is 1. The van der Waals surface area contributed by atoms with Crippen molar-refractivity contribution in [1.82, 2.24) is 10.2 Å². The molecule has 0 radical (unpaired) electrons.